The molecule has 2 aliphatic heterocycles. The number of fused-ring (bicyclic) bond motifs is 1. The number of amidine groups is 1. The van der Waals surface area contributed by atoms with Gasteiger partial charge in [-0.3, -0.25) is 19.5 Å². The van der Waals surface area contributed by atoms with Gasteiger partial charge in [0.1, 0.15) is 22.7 Å². The SMILES string of the molecule is Cc1cc(C2=NC3(CC3)C(=O)N2CC2CN(C(=O)C3CC3)C2)ccc1-c1ccc2oc(C)c(C)c2c1. The van der Waals surface area contributed by atoms with E-state index in [-0.39, 0.29) is 11.8 Å². The van der Waals surface area contributed by atoms with Crippen molar-refractivity contribution < 1.29 is 14.0 Å². The Hall–Kier alpha value is -3.41. The molecule has 0 unspecified atom stereocenters. The molecule has 4 aliphatic rings. The van der Waals surface area contributed by atoms with Crippen molar-refractivity contribution in [3.8, 4) is 11.1 Å². The summed E-state index contributed by atoms with van der Waals surface area (Å²) in [6, 6.07) is 12.8. The summed E-state index contributed by atoms with van der Waals surface area (Å²) in [7, 11) is 0. The van der Waals surface area contributed by atoms with Gasteiger partial charge in [0, 0.05) is 42.4 Å². The van der Waals surface area contributed by atoms with Crippen LogP contribution in [0.25, 0.3) is 22.1 Å². The number of hydrogen-bond acceptors (Lipinski definition) is 4. The Balaban J connectivity index is 1.15. The summed E-state index contributed by atoms with van der Waals surface area (Å²) in [4.78, 5) is 34.5. The zero-order valence-corrected chi connectivity index (χ0v) is 21.1. The molecule has 0 N–H and O–H groups in total. The summed E-state index contributed by atoms with van der Waals surface area (Å²) in [5.41, 5.74) is 6.04. The Morgan fingerprint density at radius 2 is 1.81 bits per heavy atom. The van der Waals surface area contributed by atoms with Crippen molar-refractivity contribution in [1.82, 2.24) is 9.80 Å². The largest absolute Gasteiger partial charge is 0.461 e. The molecule has 0 atom stereocenters. The zero-order chi connectivity index (χ0) is 24.8. The molecule has 0 bridgehead atoms. The monoisotopic (exact) mass is 481 g/mol. The van der Waals surface area contributed by atoms with E-state index in [1.54, 1.807) is 0 Å². The molecule has 1 spiro atoms. The first-order valence-electron chi connectivity index (χ1n) is 13.1. The molecule has 1 saturated heterocycles. The molecule has 7 rings (SSSR count). The highest BCUT2D eigenvalue weighted by molar-refractivity contribution is 6.16. The number of aryl methyl sites for hydroxylation is 3. The third-order valence-electron chi connectivity index (χ3n) is 8.55. The molecule has 0 radical (unpaired) electrons. The Bertz CT molecular complexity index is 1470. The number of carbonyl (C=O) groups is 2. The van der Waals surface area contributed by atoms with Crippen LogP contribution in [-0.2, 0) is 9.59 Å². The maximum atomic E-state index is 13.3. The third-order valence-corrected chi connectivity index (χ3v) is 8.55. The number of furan rings is 1. The van der Waals surface area contributed by atoms with E-state index in [4.69, 9.17) is 9.41 Å². The predicted molar refractivity (Wildman–Crippen MR) is 139 cm³/mol. The highest BCUT2D eigenvalue weighted by atomic mass is 16.3. The van der Waals surface area contributed by atoms with E-state index in [0.29, 0.717) is 18.4 Å². The Labute approximate surface area is 211 Å². The lowest BCUT2D eigenvalue weighted by atomic mass is 9.95. The smallest absolute Gasteiger partial charge is 0.256 e. The molecule has 6 nitrogen and oxygen atoms in total. The Morgan fingerprint density at radius 3 is 2.50 bits per heavy atom. The van der Waals surface area contributed by atoms with E-state index in [0.717, 1.165) is 78.0 Å². The van der Waals surface area contributed by atoms with Crippen molar-refractivity contribution in [2.24, 2.45) is 16.8 Å². The molecule has 2 amide bonds. The second-order valence-corrected chi connectivity index (χ2v) is 11.3. The summed E-state index contributed by atoms with van der Waals surface area (Å²) in [6.07, 6.45) is 3.75. The van der Waals surface area contributed by atoms with Gasteiger partial charge in [0.05, 0.1) is 0 Å². The third kappa shape index (κ3) is 3.34. The number of rotatable bonds is 5. The molecular formula is C30H31N3O3. The van der Waals surface area contributed by atoms with Gasteiger partial charge in [-0.1, -0.05) is 18.2 Å². The first kappa shape index (κ1) is 21.8. The van der Waals surface area contributed by atoms with Crippen LogP contribution < -0.4 is 0 Å². The molecule has 3 aromatic rings. The maximum Gasteiger partial charge on any atom is 0.256 e. The molecule has 3 heterocycles. The second-order valence-electron chi connectivity index (χ2n) is 11.3. The van der Waals surface area contributed by atoms with Crippen LogP contribution in [0.3, 0.4) is 0 Å². The number of hydrogen-bond donors (Lipinski definition) is 0. The van der Waals surface area contributed by atoms with Crippen LogP contribution in [0.15, 0.2) is 45.8 Å². The van der Waals surface area contributed by atoms with Crippen LogP contribution >= 0.6 is 0 Å². The van der Waals surface area contributed by atoms with Crippen LogP contribution in [0.2, 0.25) is 0 Å². The molecule has 6 heteroatoms. The van der Waals surface area contributed by atoms with Gasteiger partial charge in [-0.25, -0.2) is 0 Å². The lowest BCUT2D eigenvalue weighted by Gasteiger charge is -2.41. The average molecular weight is 482 g/mol. The number of amides is 2. The highest BCUT2D eigenvalue weighted by Gasteiger charge is 2.58. The number of nitrogens with zero attached hydrogens (tertiary/aromatic N) is 3. The lowest BCUT2D eigenvalue weighted by molar-refractivity contribution is -0.139. The topological polar surface area (TPSA) is 66.1 Å². The molecule has 2 saturated carbocycles. The summed E-state index contributed by atoms with van der Waals surface area (Å²) < 4.78 is 5.86. The molecule has 1 aromatic heterocycles. The van der Waals surface area contributed by atoms with Gasteiger partial charge < -0.3 is 9.32 Å². The highest BCUT2D eigenvalue weighted by Crippen LogP contribution is 2.46. The molecular weight excluding hydrogens is 450 g/mol. The van der Waals surface area contributed by atoms with Gasteiger partial charge >= 0.3 is 0 Å². The minimum atomic E-state index is -0.531. The van der Waals surface area contributed by atoms with E-state index in [1.807, 2.05) is 22.8 Å². The van der Waals surface area contributed by atoms with Crippen LogP contribution in [0.5, 0.6) is 0 Å². The Kier molecular flexibility index (Phi) is 4.58. The number of likely N-dealkylation sites (tertiary alicyclic amines) is 1. The van der Waals surface area contributed by atoms with Crippen molar-refractivity contribution in [2.45, 2.75) is 52.0 Å². The molecule has 3 fully saturated rings. The fourth-order valence-electron chi connectivity index (χ4n) is 5.84. The summed E-state index contributed by atoms with van der Waals surface area (Å²) in [5, 5.41) is 1.15. The number of aliphatic imine (C=N–C) groups is 1. The van der Waals surface area contributed by atoms with E-state index >= 15 is 0 Å². The van der Waals surface area contributed by atoms with Crippen LogP contribution in [0, 0.1) is 32.6 Å². The first-order chi connectivity index (χ1) is 17.3. The minimum absolute atomic E-state index is 0.141. The van der Waals surface area contributed by atoms with Crippen molar-refractivity contribution >= 4 is 28.6 Å². The van der Waals surface area contributed by atoms with Crippen LogP contribution in [-0.4, -0.2) is 52.6 Å². The molecule has 2 aromatic carbocycles. The van der Waals surface area contributed by atoms with E-state index in [2.05, 4.69) is 44.2 Å². The van der Waals surface area contributed by atoms with Crippen molar-refractivity contribution in [3.63, 3.8) is 0 Å². The molecule has 2 aliphatic carbocycles. The van der Waals surface area contributed by atoms with Gasteiger partial charge in [-0.15, -0.1) is 0 Å². The van der Waals surface area contributed by atoms with Gasteiger partial charge in [0.2, 0.25) is 5.91 Å². The fraction of sp³-hybridized carbons (Fsp3) is 0.433. The van der Waals surface area contributed by atoms with Gasteiger partial charge in [-0.2, -0.15) is 0 Å². The molecule has 36 heavy (non-hydrogen) atoms. The van der Waals surface area contributed by atoms with Crippen LogP contribution in [0.1, 0.15) is 48.1 Å². The summed E-state index contributed by atoms with van der Waals surface area (Å²) >= 11 is 0. The fourth-order valence-corrected chi connectivity index (χ4v) is 5.84. The average Bonchev–Trinajstić information content (AvgIpc) is 3.76. The predicted octanol–water partition coefficient (Wildman–Crippen LogP) is 5.01. The minimum Gasteiger partial charge on any atom is -0.461 e. The zero-order valence-electron chi connectivity index (χ0n) is 21.1. The van der Waals surface area contributed by atoms with Crippen LogP contribution in [0.4, 0.5) is 0 Å². The van der Waals surface area contributed by atoms with E-state index < -0.39 is 5.54 Å². The second kappa shape index (κ2) is 7.55. The van der Waals surface area contributed by atoms with Gasteiger partial charge in [0.25, 0.3) is 5.91 Å². The van der Waals surface area contributed by atoms with E-state index in [1.165, 1.54) is 11.1 Å². The van der Waals surface area contributed by atoms with Gasteiger partial charge in [-0.05, 0) is 86.9 Å². The number of carbonyl (C=O) groups excluding carboxylic acids is 2. The standard InChI is InChI=1S/C30H31N3O3/c1-17-12-23(6-8-24(17)22-7-9-26-25(13-22)18(2)19(3)36-26)27-31-30(10-11-30)29(35)33(27)16-20-14-32(15-20)28(34)21-4-5-21/h6-9,12-13,20-21H,4-5,10-11,14-16H2,1-3H3. The Morgan fingerprint density at radius 1 is 1.06 bits per heavy atom. The maximum absolute atomic E-state index is 13.3. The van der Waals surface area contributed by atoms with E-state index in [9.17, 15) is 9.59 Å². The van der Waals surface area contributed by atoms with Crippen molar-refractivity contribution in [2.75, 3.05) is 19.6 Å². The quantitative estimate of drug-likeness (QED) is 0.514. The van der Waals surface area contributed by atoms with Crippen molar-refractivity contribution in [1.29, 1.82) is 0 Å². The lowest BCUT2D eigenvalue weighted by Crippen LogP contribution is -2.55. The van der Waals surface area contributed by atoms with Gasteiger partial charge in [0.15, 0.2) is 0 Å². The summed E-state index contributed by atoms with van der Waals surface area (Å²) in [6.45, 7) is 8.38. The number of benzene rings is 2. The normalized spacial score (nSPS) is 20.9. The summed E-state index contributed by atoms with van der Waals surface area (Å²) in [5.74, 6) is 2.79. The van der Waals surface area contributed by atoms with Crippen molar-refractivity contribution in [3.05, 3.63) is 58.8 Å². The molecule has 184 valence electrons. The first-order valence-corrected chi connectivity index (χ1v) is 13.1.